The average Bonchev–Trinajstić information content (AvgIpc) is 2.79. The Balaban J connectivity index is 1.64. The fourth-order valence-corrected chi connectivity index (χ4v) is 5.30. The van der Waals surface area contributed by atoms with Crippen LogP contribution in [0.3, 0.4) is 0 Å². The summed E-state index contributed by atoms with van der Waals surface area (Å²) in [6.45, 7) is 0.456. The van der Waals surface area contributed by atoms with Crippen LogP contribution in [0.5, 0.6) is 11.5 Å². The zero-order valence-corrected chi connectivity index (χ0v) is 18.1. The van der Waals surface area contributed by atoms with E-state index < -0.39 is 11.2 Å². The number of carbonyl (C=O) groups is 1. The van der Waals surface area contributed by atoms with Gasteiger partial charge in [-0.15, -0.1) is 0 Å². The number of aromatic hydroxyl groups is 1. The average molecular weight is 444 g/mol. The van der Waals surface area contributed by atoms with Gasteiger partial charge in [-0.3, -0.25) is 19.3 Å². The lowest BCUT2D eigenvalue weighted by molar-refractivity contribution is 0.0213. The van der Waals surface area contributed by atoms with Crippen LogP contribution in [-0.4, -0.2) is 39.4 Å². The van der Waals surface area contributed by atoms with E-state index in [1.807, 2.05) is 47.4 Å². The highest BCUT2D eigenvalue weighted by molar-refractivity contribution is 5.96. The Kier molecular flexibility index (Phi) is 4.64. The van der Waals surface area contributed by atoms with Gasteiger partial charge in [-0.2, -0.15) is 0 Å². The van der Waals surface area contributed by atoms with Gasteiger partial charge in [-0.1, -0.05) is 48.5 Å². The van der Waals surface area contributed by atoms with Crippen molar-refractivity contribution < 1.29 is 14.6 Å². The number of rotatable bonds is 2. The van der Waals surface area contributed by atoms with Gasteiger partial charge in [0.1, 0.15) is 18.0 Å². The minimum Gasteiger partial charge on any atom is -0.502 e. The quantitative estimate of drug-likeness (QED) is 0.657. The summed E-state index contributed by atoms with van der Waals surface area (Å²) in [6, 6.07) is 19.2. The molecular formula is C26H25N3O4. The molecule has 168 valence electrons. The molecule has 33 heavy (non-hydrogen) atoms. The largest absolute Gasteiger partial charge is 0.502 e. The van der Waals surface area contributed by atoms with Crippen LogP contribution >= 0.6 is 0 Å². The van der Waals surface area contributed by atoms with E-state index in [0.717, 1.165) is 36.1 Å². The van der Waals surface area contributed by atoms with Crippen molar-refractivity contribution >= 4 is 5.91 Å². The van der Waals surface area contributed by atoms with Gasteiger partial charge < -0.3 is 14.7 Å². The molecule has 1 N–H and O–H groups in total. The van der Waals surface area contributed by atoms with E-state index >= 15 is 0 Å². The van der Waals surface area contributed by atoms with Crippen LogP contribution in [0, 0.1) is 0 Å². The summed E-state index contributed by atoms with van der Waals surface area (Å²) in [5.74, 6) is 0.00390. The maximum atomic E-state index is 13.7. The van der Waals surface area contributed by atoms with Crippen molar-refractivity contribution in [3.63, 3.8) is 0 Å². The highest BCUT2D eigenvalue weighted by Crippen LogP contribution is 2.42. The third-order valence-electron chi connectivity index (χ3n) is 7.06. The molecule has 0 bridgehead atoms. The summed E-state index contributed by atoms with van der Waals surface area (Å²) in [5, 5.41) is 12.9. The van der Waals surface area contributed by atoms with Crippen molar-refractivity contribution in [1.29, 1.82) is 0 Å². The van der Waals surface area contributed by atoms with E-state index in [2.05, 4.69) is 17.1 Å². The second-order valence-electron chi connectivity index (χ2n) is 8.87. The standard InChI is InChI=1S/C26H25N3O4/c30-20-13-15-27-24(25(20)31)26(32)28(18-9-6-10-18)22-14-16-33-21-12-5-4-11-19(21)23(29(22)27)17-7-2-1-3-8-17/h1-5,7-8,11-13,15,18,22-23,31H,6,9-10,14,16H2/t22?,23-/m0/s1. The van der Waals surface area contributed by atoms with Crippen LogP contribution in [0.1, 0.15) is 53.3 Å². The third kappa shape index (κ3) is 3.03. The predicted molar refractivity (Wildman–Crippen MR) is 123 cm³/mol. The van der Waals surface area contributed by atoms with Gasteiger partial charge in [0.05, 0.1) is 6.61 Å². The second kappa shape index (κ2) is 7.69. The molecule has 2 aromatic carbocycles. The van der Waals surface area contributed by atoms with E-state index in [0.29, 0.717) is 13.0 Å². The van der Waals surface area contributed by atoms with Crippen LogP contribution < -0.4 is 15.2 Å². The molecule has 2 atom stereocenters. The van der Waals surface area contributed by atoms with Crippen molar-refractivity contribution in [2.24, 2.45) is 0 Å². The van der Waals surface area contributed by atoms with Crippen LogP contribution in [0.2, 0.25) is 0 Å². The zero-order chi connectivity index (χ0) is 22.5. The number of benzene rings is 2. The molecule has 1 aromatic heterocycles. The molecule has 1 fully saturated rings. The van der Waals surface area contributed by atoms with Crippen LogP contribution in [0.15, 0.2) is 71.7 Å². The number of fused-ring (bicyclic) bond motifs is 4. The number of carbonyl (C=O) groups excluding carboxylic acids is 1. The number of nitrogens with zero attached hydrogens (tertiary/aromatic N) is 3. The minimum absolute atomic E-state index is 0.0329. The Hall–Kier alpha value is -3.74. The lowest BCUT2D eigenvalue weighted by atomic mass is 9.89. The Morgan fingerprint density at radius 3 is 2.42 bits per heavy atom. The summed E-state index contributed by atoms with van der Waals surface area (Å²) >= 11 is 0. The lowest BCUT2D eigenvalue weighted by Gasteiger charge is -2.54. The van der Waals surface area contributed by atoms with E-state index in [-0.39, 0.29) is 29.9 Å². The molecule has 0 saturated heterocycles. The molecule has 1 saturated carbocycles. The molecule has 1 aliphatic carbocycles. The molecule has 2 aliphatic heterocycles. The molecular weight excluding hydrogens is 418 g/mol. The van der Waals surface area contributed by atoms with Crippen molar-refractivity contribution in [2.45, 2.75) is 43.9 Å². The van der Waals surface area contributed by atoms with Crippen LogP contribution in [0.25, 0.3) is 0 Å². The summed E-state index contributed by atoms with van der Waals surface area (Å²) in [7, 11) is 0. The smallest absolute Gasteiger partial charge is 0.278 e. The van der Waals surface area contributed by atoms with Gasteiger partial charge in [0, 0.05) is 30.3 Å². The first-order chi connectivity index (χ1) is 16.1. The Bertz CT molecular complexity index is 1270. The monoisotopic (exact) mass is 443 g/mol. The van der Waals surface area contributed by atoms with Crippen molar-refractivity contribution in [1.82, 2.24) is 9.58 Å². The zero-order valence-electron chi connectivity index (χ0n) is 18.1. The molecule has 0 radical (unpaired) electrons. The molecule has 7 nitrogen and oxygen atoms in total. The van der Waals surface area contributed by atoms with Gasteiger partial charge >= 0.3 is 0 Å². The van der Waals surface area contributed by atoms with E-state index in [1.54, 1.807) is 10.9 Å². The van der Waals surface area contributed by atoms with Crippen molar-refractivity contribution in [3.8, 4) is 11.5 Å². The lowest BCUT2D eigenvalue weighted by Crippen LogP contribution is -2.66. The van der Waals surface area contributed by atoms with Crippen LogP contribution in [-0.2, 0) is 0 Å². The number of ether oxygens (including phenoxy) is 1. The third-order valence-corrected chi connectivity index (χ3v) is 7.06. The number of pyridine rings is 1. The molecule has 7 heteroatoms. The summed E-state index contributed by atoms with van der Waals surface area (Å²) in [6.07, 6.45) is 4.84. The minimum atomic E-state index is -0.548. The van der Waals surface area contributed by atoms with E-state index in [1.165, 1.54) is 6.07 Å². The highest BCUT2D eigenvalue weighted by atomic mass is 16.5. The fourth-order valence-electron chi connectivity index (χ4n) is 5.30. The van der Waals surface area contributed by atoms with Gasteiger partial charge in [-0.25, -0.2) is 0 Å². The van der Waals surface area contributed by atoms with Gasteiger partial charge in [0.15, 0.2) is 11.4 Å². The summed E-state index contributed by atoms with van der Waals surface area (Å²) < 4.78 is 7.89. The maximum Gasteiger partial charge on any atom is 0.278 e. The number of amides is 1. The van der Waals surface area contributed by atoms with Crippen molar-refractivity contribution in [3.05, 3.63) is 93.9 Å². The van der Waals surface area contributed by atoms with Gasteiger partial charge in [0.2, 0.25) is 5.43 Å². The highest BCUT2D eigenvalue weighted by Gasteiger charge is 2.47. The first-order valence-electron chi connectivity index (χ1n) is 11.5. The molecule has 3 heterocycles. The maximum absolute atomic E-state index is 13.7. The Labute approximate surface area is 191 Å². The van der Waals surface area contributed by atoms with E-state index in [9.17, 15) is 14.7 Å². The topological polar surface area (TPSA) is 75.0 Å². The number of hydrogen-bond donors (Lipinski definition) is 1. The summed E-state index contributed by atoms with van der Waals surface area (Å²) in [4.78, 5) is 27.9. The second-order valence-corrected chi connectivity index (χ2v) is 8.87. The molecule has 3 aromatic rings. The first-order valence-corrected chi connectivity index (χ1v) is 11.5. The fraction of sp³-hybridized carbons (Fsp3) is 0.308. The summed E-state index contributed by atoms with van der Waals surface area (Å²) in [5.41, 5.74) is 1.49. The van der Waals surface area contributed by atoms with E-state index in [4.69, 9.17) is 4.74 Å². The Morgan fingerprint density at radius 1 is 0.909 bits per heavy atom. The first kappa shape index (κ1) is 19.9. The van der Waals surface area contributed by atoms with Crippen molar-refractivity contribution in [2.75, 3.05) is 11.6 Å². The normalized spacial score (nSPS) is 22.2. The molecule has 0 spiro atoms. The van der Waals surface area contributed by atoms with Crippen LogP contribution in [0.4, 0.5) is 0 Å². The predicted octanol–water partition coefficient (Wildman–Crippen LogP) is 3.40. The number of aromatic nitrogens is 1. The van der Waals surface area contributed by atoms with Gasteiger partial charge in [0.25, 0.3) is 5.91 Å². The molecule has 1 unspecified atom stereocenters. The molecule has 1 amide bonds. The SMILES string of the molecule is O=C1c2c(O)c(=O)ccn2N2C(CCOc3ccccc3[C@@H]2c2ccccc2)N1C1CCC1. The Morgan fingerprint density at radius 2 is 1.67 bits per heavy atom. The number of para-hydroxylation sites is 1. The molecule has 6 rings (SSSR count). The van der Waals surface area contributed by atoms with Gasteiger partial charge in [-0.05, 0) is 30.9 Å². The number of hydrogen-bond acceptors (Lipinski definition) is 5. The molecule has 3 aliphatic rings.